The number of hydrogen-bond acceptors (Lipinski definition) is 0. The number of nitrogens with zero attached hydrogens (tertiary/aromatic N) is 1. The Kier molecular flexibility index (Phi) is 0.667. The van der Waals surface area contributed by atoms with E-state index in [0.29, 0.717) is 0 Å². The van der Waals surface area contributed by atoms with E-state index in [1.807, 2.05) is 0 Å². The van der Waals surface area contributed by atoms with Crippen LogP contribution >= 0.6 is 0 Å². The van der Waals surface area contributed by atoms with E-state index in [2.05, 4.69) is 18.7 Å². The number of rotatable bonds is 0. The average Bonchev–Trinajstić information content (AvgIpc) is 2.18. The van der Waals surface area contributed by atoms with E-state index >= 15 is 0 Å². The summed E-state index contributed by atoms with van der Waals surface area (Å²) in [5.41, 5.74) is 0.153. The van der Waals surface area contributed by atoms with Crippen molar-refractivity contribution in [2.45, 2.75) is 25.8 Å². The van der Waals surface area contributed by atoms with E-state index < -0.39 is 0 Å². The SMILES string of the molecule is C#[N+]C1(C)CC1C. The van der Waals surface area contributed by atoms with Crippen molar-refractivity contribution in [3.05, 3.63) is 4.85 Å². The molecule has 0 amide bonds. The monoisotopic (exact) mass is 96.1 g/mol. The third-order valence-electron chi connectivity index (χ3n) is 1.92. The van der Waals surface area contributed by atoms with Gasteiger partial charge in [0.15, 0.2) is 0 Å². The van der Waals surface area contributed by atoms with Crippen LogP contribution in [0.5, 0.6) is 0 Å². The lowest BCUT2D eigenvalue weighted by Crippen LogP contribution is -1.93. The predicted molar refractivity (Wildman–Crippen MR) is 30.5 cm³/mol. The molecule has 1 aliphatic rings. The van der Waals surface area contributed by atoms with Gasteiger partial charge in [-0.1, -0.05) is 11.8 Å². The second-order valence-corrected chi connectivity index (χ2v) is 2.59. The van der Waals surface area contributed by atoms with Crippen LogP contribution in [0.4, 0.5) is 0 Å². The van der Waals surface area contributed by atoms with Crippen molar-refractivity contribution in [3.63, 3.8) is 0 Å². The smallest absolute Gasteiger partial charge is 0.0804 e. The molecular weight excluding hydrogens is 86.1 g/mol. The summed E-state index contributed by atoms with van der Waals surface area (Å²) in [6.07, 6.45) is 1.17. The molecule has 1 fully saturated rings. The van der Waals surface area contributed by atoms with Crippen LogP contribution < -0.4 is 0 Å². The van der Waals surface area contributed by atoms with Crippen LogP contribution in [-0.4, -0.2) is 5.54 Å². The van der Waals surface area contributed by atoms with Crippen LogP contribution in [0.1, 0.15) is 20.3 Å². The standard InChI is InChI=1S/C6H10N/c1-5-4-6(5,2)7-3/h3,5H,4H2,1-2H3/q+1. The van der Waals surface area contributed by atoms with Crippen LogP contribution in [0, 0.1) is 12.5 Å². The molecule has 2 unspecified atom stereocenters. The Bertz CT molecular complexity index is 123. The number of hydrogen-bond donors (Lipinski definition) is 0. The molecule has 0 aromatic heterocycles. The maximum absolute atomic E-state index is 5.08. The van der Waals surface area contributed by atoms with Crippen molar-refractivity contribution in [2.24, 2.45) is 5.92 Å². The average molecular weight is 96.2 g/mol. The van der Waals surface area contributed by atoms with Gasteiger partial charge in [0.25, 0.3) is 12.1 Å². The fraction of sp³-hybridized carbons (Fsp3) is 0.833. The summed E-state index contributed by atoms with van der Waals surface area (Å²) >= 11 is 0. The van der Waals surface area contributed by atoms with Gasteiger partial charge in [0, 0.05) is 19.3 Å². The Morgan fingerprint density at radius 1 is 1.86 bits per heavy atom. The van der Waals surface area contributed by atoms with Gasteiger partial charge < -0.3 is 0 Å². The molecule has 0 heterocycles. The topological polar surface area (TPSA) is 4.36 Å². The molecule has 1 rings (SSSR count). The fourth-order valence-electron chi connectivity index (χ4n) is 0.741. The molecule has 0 saturated heterocycles. The van der Waals surface area contributed by atoms with E-state index in [0.717, 1.165) is 5.92 Å². The molecular formula is C6H10N+. The molecule has 1 heteroatoms. The zero-order valence-corrected chi connectivity index (χ0v) is 4.81. The molecule has 0 aromatic rings. The van der Waals surface area contributed by atoms with Gasteiger partial charge in [0.05, 0.1) is 0 Å². The third kappa shape index (κ3) is 0.507. The molecule has 0 spiro atoms. The highest BCUT2D eigenvalue weighted by Crippen LogP contribution is 2.45. The van der Waals surface area contributed by atoms with Crippen LogP contribution in [0.15, 0.2) is 0 Å². The summed E-state index contributed by atoms with van der Waals surface area (Å²) in [5, 5.41) is 0. The lowest BCUT2D eigenvalue weighted by atomic mass is 10.3. The quantitative estimate of drug-likeness (QED) is 0.432. The Balaban J connectivity index is 2.57. The van der Waals surface area contributed by atoms with Crippen LogP contribution in [0.3, 0.4) is 0 Å². The normalized spacial score (nSPS) is 47.9. The molecule has 38 valence electrons. The molecule has 7 heavy (non-hydrogen) atoms. The second kappa shape index (κ2) is 1.01. The highest BCUT2D eigenvalue weighted by molar-refractivity contribution is 5.14. The van der Waals surface area contributed by atoms with Gasteiger partial charge in [-0.3, -0.25) is 0 Å². The van der Waals surface area contributed by atoms with Gasteiger partial charge >= 0.3 is 0 Å². The highest BCUT2D eigenvalue weighted by atomic mass is 14.9. The van der Waals surface area contributed by atoms with E-state index in [9.17, 15) is 0 Å². The molecule has 1 nitrogen and oxygen atoms in total. The predicted octanol–water partition coefficient (Wildman–Crippen LogP) is 1.75. The van der Waals surface area contributed by atoms with Crippen molar-refractivity contribution in [1.82, 2.24) is 0 Å². The lowest BCUT2D eigenvalue weighted by Gasteiger charge is -1.77. The van der Waals surface area contributed by atoms with Crippen molar-refractivity contribution in [2.75, 3.05) is 0 Å². The van der Waals surface area contributed by atoms with E-state index in [-0.39, 0.29) is 5.54 Å². The highest BCUT2D eigenvalue weighted by Gasteiger charge is 2.58. The van der Waals surface area contributed by atoms with Gasteiger partial charge in [-0.25, -0.2) is 0 Å². The summed E-state index contributed by atoms with van der Waals surface area (Å²) in [6.45, 7) is 9.33. The first kappa shape index (κ1) is 4.64. The summed E-state index contributed by atoms with van der Waals surface area (Å²) in [6, 6.07) is 0. The van der Waals surface area contributed by atoms with Crippen LogP contribution in [0.25, 0.3) is 4.85 Å². The maximum atomic E-state index is 5.08. The van der Waals surface area contributed by atoms with Gasteiger partial charge in [-0.2, -0.15) is 0 Å². The summed E-state index contributed by atoms with van der Waals surface area (Å²) in [5.74, 6) is 0.720. The van der Waals surface area contributed by atoms with Crippen molar-refractivity contribution in [1.29, 1.82) is 0 Å². The Labute approximate surface area is 44.2 Å². The van der Waals surface area contributed by atoms with Gasteiger partial charge in [-0.05, 0) is 0 Å². The first-order valence-electron chi connectivity index (χ1n) is 2.61. The van der Waals surface area contributed by atoms with Crippen molar-refractivity contribution < 1.29 is 0 Å². The third-order valence-corrected chi connectivity index (χ3v) is 1.92. The largest absolute Gasteiger partial charge is 0.281 e. The zero-order valence-electron chi connectivity index (χ0n) is 4.81. The van der Waals surface area contributed by atoms with Crippen molar-refractivity contribution >= 4 is 0 Å². The zero-order chi connectivity index (χ0) is 5.49. The van der Waals surface area contributed by atoms with Crippen LogP contribution in [0.2, 0.25) is 0 Å². The molecule has 1 aliphatic carbocycles. The minimum atomic E-state index is 0.153. The van der Waals surface area contributed by atoms with E-state index in [1.165, 1.54) is 6.42 Å². The molecule has 2 atom stereocenters. The molecule has 0 bridgehead atoms. The van der Waals surface area contributed by atoms with Crippen LogP contribution in [-0.2, 0) is 0 Å². The summed E-state index contributed by atoms with van der Waals surface area (Å²) < 4.78 is 0. The molecule has 0 aliphatic heterocycles. The van der Waals surface area contributed by atoms with Crippen molar-refractivity contribution in [3.8, 4) is 6.57 Å². The lowest BCUT2D eigenvalue weighted by molar-refractivity contribution is 0.792. The summed E-state index contributed by atoms with van der Waals surface area (Å²) in [4.78, 5) is 3.71. The molecule has 1 saturated carbocycles. The first-order chi connectivity index (χ1) is 3.19. The molecule has 0 aromatic carbocycles. The fourth-order valence-corrected chi connectivity index (χ4v) is 0.741. The van der Waals surface area contributed by atoms with Gasteiger partial charge in [0.2, 0.25) is 0 Å². The first-order valence-corrected chi connectivity index (χ1v) is 2.61. The Morgan fingerprint density at radius 3 is 2.29 bits per heavy atom. The van der Waals surface area contributed by atoms with Gasteiger partial charge in [-0.15, -0.1) is 0 Å². The Hall–Kier alpha value is -0.510. The molecule has 0 radical (unpaired) electrons. The van der Waals surface area contributed by atoms with Gasteiger partial charge in [0.1, 0.15) is 0 Å². The Morgan fingerprint density at radius 2 is 2.29 bits per heavy atom. The van der Waals surface area contributed by atoms with E-state index in [4.69, 9.17) is 6.57 Å². The minimum absolute atomic E-state index is 0.153. The van der Waals surface area contributed by atoms with E-state index in [1.54, 1.807) is 0 Å². The summed E-state index contributed by atoms with van der Waals surface area (Å²) in [7, 11) is 0. The second-order valence-electron chi connectivity index (χ2n) is 2.59. The maximum Gasteiger partial charge on any atom is 0.281 e. The minimum Gasteiger partial charge on any atom is -0.0804 e. The molecule has 0 N–H and O–H groups in total.